The average Bonchev–Trinajstić information content (AvgIpc) is 3.06. The molecule has 23 heavy (non-hydrogen) atoms. The summed E-state index contributed by atoms with van der Waals surface area (Å²) in [6, 6.07) is 9.49. The van der Waals surface area contributed by atoms with Gasteiger partial charge in [0.15, 0.2) is 17.7 Å². The third-order valence-electron chi connectivity index (χ3n) is 2.76. The van der Waals surface area contributed by atoms with Gasteiger partial charge in [-0.05, 0) is 36.6 Å². The molecule has 7 heteroatoms. The van der Waals surface area contributed by atoms with E-state index in [9.17, 15) is 14.0 Å². The zero-order valence-corrected chi connectivity index (χ0v) is 13.1. The summed E-state index contributed by atoms with van der Waals surface area (Å²) < 4.78 is 18.6. The maximum absolute atomic E-state index is 13.4. The molecule has 2 rings (SSSR count). The van der Waals surface area contributed by atoms with Crippen molar-refractivity contribution in [1.29, 1.82) is 0 Å². The first-order valence-corrected chi connectivity index (χ1v) is 7.67. The van der Waals surface area contributed by atoms with Gasteiger partial charge in [0.2, 0.25) is 0 Å². The molecule has 5 nitrogen and oxygen atoms in total. The fourth-order valence-electron chi connectivity index (χ4n) is 1.59. The maximum Gasteiger partial charge on any atom is 0.279 e. The Balaban J connectivity index is 1.79. The van der Waals surface area contributed by atoms with Crippen molar-refractivity contribution < 1.29 is 18.7 Å². The molecule has 0 aliphatic rings. The van der Waals surface area contributed by atoms with Crippen molar-refractivity contribution in [3.8, 4) is 5.75 Å². The Morgan fingerprint density at radius 3 is 2.70 bits per heavy atom. The SMILES string of the molecule is C[C@@H](Oc1ccccc1F)C(=O)NNC(=O)/C=C/c1cccs1. The van der Waals surface area contributed by atoms with Crippen LogP contribution in [0.25, 0.3) is 6.08 Å². The van der Waals surface area contributed by atoms with Crippen molar-refractivity contribution in [2.45, 2.75) is 13.0 Å². The van der Waals surface area contributed by atoms with Gasteiger partial charge in [0.1, 0.15) is 0 Å². The van der Waals surface area contributed by atoms with Crippen LogP contribution in [0.5, 0.6) is 5.75 Å². The van der Waals surface area contributed by atoms with Crippen LogP contribution in [0.2, 0.25) is 0 Å². The average molecular weight is 334 g/mol. The zero-order valence-electron chi connectivity index (χ0n) is 12.3. The molecule has 0 aliphatic carbocycles. The lowest BCUT2D eigenvalue weighted by Gasteiger charge is -2.15. The summed E-state index contributed by atoms with van der Waals surface area (Å²) in [5.41, 5.74) is 4.45. The number of nitrogens with one attached hydrogen (secondary N) is 2. The molecule has 0 fully saturated rings. The molecule has 2 N–H and O–H groups in total. The van der Waals surface area contributed by atoms with Gasteiger partial charge < -0.3 is 4.74 Å². The van der Waals surface area contributed by atoms with Crippen molar-refractivity contribution in [3.05, 3.63) is 58.5 Å². The van der Waals surface area contributed by atoms with Crippen LogP contribution >= 0.6 is 11.3 Å². The summed E-state index contributed by atoms with van der Waals surface area (Å²) >= 11 is 1.49. The molecule has 0 aliphatic heterocycles. The third-order valence-corrected chi connectivity index (χ3v) is 3.60. The van der Waals surface area contributed by atoms with Crippen LogP contribution in [0.3, 0.4) is 0 Å². The van der Waals surface area contributed by atoms with E-state index in [2.05, 4.69) is 10.9 Å². The largest absolute Gasteiger partial charge is 0.478 e. The number of hydrogen-bond acceptors (Lipinski definition) is 4. The van der Waals surface area contributed by atoms with Crippen molar-refractivity contribution in [3.63, 3.8) is 0 Å². The number of carbonyl (C=O) groups excluding carboxylic acids is 2. The Morgan fingerprint density at radius 2 is 2.00 bits per heavy atom. The molecule has 120 valence electrons. The monoisotopic (exact) mass is 334 g/mol. The maximum atomic E-state index is 13.4. The number of amides is 2. The van der Waals surface area contributed by atoms with Crippen LogP contribution in [0.4, 0.5) is 4.39 Å². The molecule has 1 aromatic heterocycles. The number of thiophene rings is 1. The highest BCUT2D eigenvalue weighted by Crippen LogP contribution is 2.16. The molecule has 0 radical (unpaired) electrons. The van der Waals surface area contributed by atoms with Crippen LogP contribution < -0.4 is 15.6 Å². The Bertz CT molecular complexity index is 701. The van der Waals surface area contributed by atoms with Gasteiger partial charge in [-0.2, -0.15) is 0 Å². The van der Waals surface area contributed by atoms with Gasteiger partial charge in [0.25, 0.3) is 11.8 Å². The second-order valence-corrected chi connectivity index (χ2v) is 5.50. The minimum atomic E-state index is -0.964. The smallest absolute Gasteiger partial charge is 0.279 e. The summed E-state index contributed by atoms with van der Waals surface area (Å²) in [6.45, 7) is 1.45. The lowest BCUT2D eigenvalue weighted by molar-refractivity contribution is -0.131. The van der Waals surface area contributed by atoms with E-state index in [1.807, 2.05) is 17.5 Å². The normalized spacial score (nSPS) is 11.9. The van der Waals surface area contributed by atoms with Crippen LogP contribution in [-0.4, -0.2) is 17.9 Å². The summed E-state index contributed by atoms with van der Waals surface area (Å²) in [4.78, 5) is 24.3. The Hall–Kier alpha value is -2.67. The Kier molecular flexibility index (Phi) is 5.87. The van der Waals surface area contributed by atoms with E-state index in [0.29, 0.717) is 0 Å². The number of hydrogen-bond donors (Lipinski definition) is 2. The van der Waals surface area contributed by atoms with Gasteiger partial charge in [0.05, 0.1) is 0 Å². The van der Waals surface area contributed by atoms with Gasteiger partial charge >= 0.3 is 0 Å². The van der Waals surface area contributed by atoms with Crippen molar-refractivity contribution in [2.75, 3.05) is 0 Å². The second-order valence-electron chi connectivity index (χ2n) is 4.52. The van der Waals surface area contributed by atoms with Crippen molar-refractivity contribution in [2.24, 2.45) is 0 Å². The van der Waals surface area contributed by atoms with Gasteiger partial charge in [-0.3, -0.25) is 20.4 Å². The fraction of sp³-hybridized carbons (Fsp3) is 0.125. The van der Waals surface area contributed by atoms with Gasteiger partial charge in [-0.1, -0.05) is 18.2 Å². The standard InChI is InChI=1S/C16H15FN2O3S/c1-11(22-14-7-3-2-6-13(14)17)16(21)19-18-15(20)9-8-12-5-4-10-23-12/h2-11H,1H3,(H,18,20)(H,19,21)/b9-8+/t11-/m1/s1. The predicted molar refractivity (Wildman–Crippen MR) is 86.1 cm³/mol. The Morgan fingerprint density at radius 1 is 1.22 bits per heavy atom. The van der Waals surface area contributed by atoms with Crippen molar-refractivity contribution in [1.82, 2.24) is 10.9 Å². The van der Waals surface area contributed by atoms with Crippen LogP contribution in [0.1, 0.15) is 11.8 Å². The molecule has 2 amide bonds. The lowest BCUT2D eigenvalue weighted by atomic mass is 10.3. The van der Waals surface area contributed by atoms with Crippen LogP contribution in [0.15, 0.2) is 47.9 Å². The van der Waals surface area contributed by atoms with E-state index in [1.165, 1.54) is 42.5 Å². The highest BCUT2D eigenvalue weighted by atomic mass is 32.1. The highest BCUT2D eigenvalue weighted by molar-refractivity contribution is 7.10. The number of ether oxygens (including phenoxy) is 1. The molecule has 0 bridgehead atoms. The first kappa shape index (κ1) is 16.7. The number of rotatable bonds is 5. The molecule has 0 spiro atoms. The predicted octanol–water partition coefficient (Wildman–Crippen LogP) is 2.52. The molecule has 0 unspecified atom stereocenters. The van der Waals surface area contributed by atoms with Crippen molar-refractivity contribution >= 4 is 29.2 Å². The Labute approximate surface area is 136 Å². The minimum Gasteiger partial charge on any atom is -0.478 e. The quantitative estimate of drug-likeness (QED) is 0.652. The summed E-state index contributed by atoms with van der Waals surface area (Å²) in [5.74, 6) is -1.66. The molecular weight excluding hydrogens is 319 g/mol. The van der Waals surface area contributed by atoms with Gasteiger partial charge in [0, 0.05) is 11.0 Å². The van der Waals surface area contributed by atoms with E-state index in [0.717, 1.165) is 4.88 Å². The lowest BCUT2D eigenvalue weighted by Crippen LogP contribution is -2.46. The fourth-order valence-corrected chi connectivity index (χ4v) is 2.21. The first-order valence-electron chi connectivity index (χ1n) is 6.79. The molecule has 0 saturated carbocycles. The number of benzene rings is 1. The molecule has 1 atom stereocenters. The number of hydrazine groups is 1. The van der Waals surface area contributed by atoms with E-state index < -0.39 is 23.7 Å². The summed E-state index contributed by atoms with van der Waals surface area (Å²) in [5, 5.41) is 1.89. The van der Waals surface area contributed by atoms with E-state index >= 15 is 0 Å². The molecule has 0 saturated heterocycles. The summed E-state index contributed by atoms with van der Waals surface area (Å²) in [6.07, 6.45) is 1.97. The van der Waals surface area contributed by atoms with E-state index in [-0.39, 0.29) is 5.75 Å². The summed E-state index contributed by atoms with van der Waals surface area (Å²) in [7, 11) is 0. The highest BCUT2D eigenvalue weighted by Gasteiger charge is 2.16. The number of carbonyl (C=O) groups is 2. The van der Waals surface area contributed by atoms with E-state index in [4.69, 9.17) is 4.74 Å². The molecule has 2 aromatic rings. The molecular formula is C16H15FN2O3S. The first-order chi connectivity index (χ1) is 11.1. The second kappa shape index (κ2) is 8.09. The molecule has 1 aromatic carbocycles. The van der Waals surface area contributed by atoms with E-state index in [1.54, 1.807) is 12.1 Å². The zero-order chi connectivity index (χ0) is 16.7. The topological polar surface area (TPSA) is 67.4 Å². The van der Waals surface area contributed by atoms with Crippen LogP contribution in [-0.2, 0) is 9.59 Å². The van der Waals surface area contributed by atoms with Gasteiger partial charge in [-0.15, -0.1) is 11.3 Å². The molecule has 1 heterocycles. The van der Waals surface area contributed by atoms with Gasteiger partial charge in [-0.25, -0.2) is 4.39 Å². The number of para-hydroxylation sites is 1. The third kappa shape index (κ3) is 5.23. The van der Waals surface area contributed by atoms with Crippen LogP contribution in [0, 0.1) is 5.82 Å². The minimum absolute atomic E-state index is 0.0286. The number of halogens is 1.